The Balaban J connectivity index is 1.81. The van der Waals surface area contributed by atoms with Crippen molar-refractivity contribution in [1.29, 1.82) is 0 Å². The molecule has 0 bridgehead atoms. The van der Waals surface area contributed by atoms with Crippen molar-refractivity contribution in [3.63, 3.8) is 0 Å². The lowest BCUT2D eigenvalue weighted by Gasteiger charge is -2.32. The van der Waals surface area contributed by atoms with E-state index in [1.54, 1.807) is 0 Å². The highest BCUT2D eigenvalue weighted by Gasteiger charge is 2.28. The van der Waals surface area contributed by atoms with E-state index in [9.17, 15) is 0 Å². The van der Waals surface area contributed by atoms with Crippen LogP contribution in [0.4, 0.5) is 0 Å². The van der Waals surface area contributed by atoms with Gasteiger partial charge in [-0.1, -0.05) is 31.2 Å². The van der Waals surface area contributed by atoms with Crippen LogP contribution in [0.3, 0.4) is 0 Å². The average molecular weight is 282 g/mol. The predicted octanol–water partition coefficient (Wildman–Crippen LogP) is 3.37. The number of para-hydroxylation sites is 1. The second kappa shape index (κ2) is 6.72. The van der Waals surface area contributed by atoms with Crippen LogP contribution in [-0.2, 0) is 6.42 Å². The van der Waals surface area contributed by atoms with Crippen molar-refractivity contribution in [2.24, 2.45) is 5.92 Å². The minimum atomic E-state index is 0.298. The molecule has 0 fully saturated rings. The molecule has 1 aromatic carbocycles. The SMILES string of the molecule is CCCNC(c1cccnc1)C1COc2ccccc2C1. The maximum absolute atomic E-state index is 5.96. The summed E-state index contributed by atoms with van der Waals surface area (Å²) in [5, 5.41) is 3.67. The highest BCUT2D eigenvalue weighted by Crippen LogP contribution is 2.33. The van der Waals surface area contributed by atoms with Crippen LogP contribution in [0.25, 0.3) is 0 Å². The molecule has 1 aliphatic heterocycles. The van der Waals surface area contributed by atoms with Gasteiger partial charge in [-0.25, -0.2) is 0 Å². The van der Waals surface area contributed by atoms with E-state index >= 15 is 0 Å². The van der Waals surface area contributed by atoms with Crippen LogP contribution >= 0.6 is 0 Å². The van der Waals surface area contributed by atoms with Crippen LogP contribution in [0.15, 0.2) is 48.8 Å². The monoisotopic (exact) mass is 282 g/mol. The largest absolute Gasteiger partial charge is 0.493 e. The van der Waals surface area contributed by atoms with Crippen molar-refractivity contribution >= 4 is 0 Å². The van der Waals surface area contributed by atoms with E-state index < -0.39 is 0 Å². The van der Waals surface area contributed by atoms with E-state index in [4.69, 9.17) is 4.74 Å². The molecule has 1 N–H and O–H groups in total. The summed E-state index contributed by atoms with van der Waals surface area (Å²) < 4.78 is 5.96. The molecule has 0 aliphatic carbocycles. The maximum Gasteiger partial charge on any atom is 0.122 e. The summed E-state index contributed by atoms with van der Waals surface area (Å²) in [6.45, 7) is 3.96. The number of hydrogen-bond donors (Lipinski definition) is 1. The van der Waals surface area contributed by atoms with Gasteiger partial charge < -0.3 is 10.1 Å². The third-order valence-electron chi connectivity index (χ3n) is 4.04. The number of fused-ring (bicyclic) bond motifs is 1. The van der Waals surface area contributed by atoms with Crippen molar-refractivity contribution in [3.8, 4) is 5.75 Å². The number of benzene rings is 1. The van der Waals surface area contributed by atoms with Gasteiger partial charge in [0.1, 0.15) is 5.75 Å². The topological polar surface area (TPSA) is 34.2 Å². The molecule has 1 aromatic heterocycles. The van der Waals surface area contributed by atoms with Crippen LogP contribution in [-0.4, -0.2) is 18.1 Å². The molecular weight excluding hydrogens is 260 g/mol. The Bertz CT molecular complexity index is 570. The molecule has 0 spiro atoms. The number of hydrogen-bond acceptors (Lipinski definition) is 3. The molecule has 3 rings (SSSR count). The molecule has 2 heterocycles. The Morgan fingerprint density at radius 1 is 1.29 bits per heavy atom. The van der Waals surface area contributed by atoms with E-state index in [-0.39, 0.29) is 0 Å². The fourth-order valence-corrected chi connectivity index (χ4v) is 2.98. The predicted molar refractivity (Wildman–Crippen MR) is 84.4 cm³/mol. The second-order valence-corrected chi connectivity index (χ2v) is 5.60. The molecule has 0 saturated heterocycles. The summed E-state index contributed by atoms with van der Waals surface area (Å²) in [4.78, 5) is 4.27. The molecule has 1 aliphatic rings. The van der Waals surface area contributed by atoms with Crippen molar-refractivity contribution in [3.05, 3.63) is 59.9 Å². The number of nitrogens with one attached hydrogen (secondary N) is 1. The fourth-order valence-electron chi connectivity index (χ4n) is 2.98. The van der Waals surface area contributed by atoms with Crippen LogP contribution in [0, 0.1) is 5.92 Å². The molecular formula is C18H22N2O. The van der Waals surface area contributed by atoms with Crippen molar-refractivity contribution in [1.82, 2.24) is 10.3 Å². The standard InChI is InChI=1S/C18H22N2O/c1-2-9-20-18(15-7-5-10-19-12-15)16-11-14-6-3-4-8-17(14)21-13-16/h3-8,10,12,16,18,20H,2,9,11,13H2,1H3. The highest BCUT2D eigenvalue weighted by atomic mass is 16.5. The summed E-state index contributed by atoms with van der Waals surface area (Å²) in [5.41, 5.74) is 2.56. The van der Waals surface area contributed by atoms with Crippen molar-refractivity contribution in [2.45, 2.75) is 25.8 Å². The zero-order valence-electron chi connectivity index (χ0n) is 12.5. The van der Waals surface area contributed by atoms with Crippen LogP contribution in [0.1, 0.15) is 30.5 Å². The van der Waals surface area contributed by atoms with Gasteiger partial charge in [0.15, 0.2) is 0 Å². The average Bonchev–Trinajstić information content (AvgIpc) is 2.56. The second-order valence-electron chi connectivity index (χ2n) is 5.60. The van der Waals surface area contributed by atoms with Crippen LogP contribution in [0.2, 0.25) is 0 Å². The first-order valence-electron chi connectivity index (χ1n) is 7.72. The Labute approximate surface area is 126 Å². The highest BCUT2D eigenvalue weighted by molar-refractivity contribution is 5.35. The molecule has 0 radical (unpaired) electrons. The first-order chi connectivity index (χ1) is 10.4. The van der Waals surface area contributed by atoms with E-state index in [0.29, 0.717) is 12.0 Å². The van der Waals surface area contributed by atoms with E-state index in [1.165, 1.54) is 11.1 Å². The van der Waals surface area contributed by atoms with Gasteiger partial charge in [0.2, 0.25) is 0 Å². The van der Waals surface area contributed by atoms with Gasteiger partial charge >= 0.3 is 0 Å². The Morgan fingerprint density at radius 2 is 2.19 bits per heavy atom. The summed E-state index contributed by atoms with van der Waals surface area (Å²) in [7, 11) is 0. The summed E-state index contributed by atoms with van der Waals surface area (Å²) in [6.07, 6.45) is 5.97. The lowest BCUT2D eigenvalue weighted by Crippen LogP contribution is -2.35. The first-order valence-corrected chi connectivity index (χ1v) is 7.72. The van der Waals surface area contributed by atoms with Gasteiger partial charge in [0.05, 0.1) is 6.61 Å². The molecule has 2 unspecified atom stereocenters. The van der Waals surface area contributed by atoms with E-state index in [0.717, 1.165) is 31.7 Å². The number of aromatic nitrogens is 1. The van der Waals surface area contributed by atoms with Crippen LogP contribution in [0.5, 0.6) is 5.75 Å². The molecule has 2 atom stereocenters. The minimum absolute atomic E-state index is 0.298. The minimum Gasteiger partial charge on any atom is -0.493 e. The smallest absolute Gasteiger partial charge is 0.122 e. The molecule has 3 heteroatoms. The van der Waals surface area contributed by atoms with Gasteiger partial charge in [-0.05, 0) is 42.6 Å². The van der Waals surface area contributed by atoms with Gasteiger partial charge in [0, 0.05) is 24.4 Å². The molecule has 110 valence electrons. The molecule has 0 saturated carbocycles. The maximum atomic E-state index is 5.96. The molecule has 3 nitrogen and oxygen atoms in total. The Hall–Kier alpha value is -1.87. The summed E-state index contributed by atoms with van der Waals surface area (Å²) >= 11 is 0. The van der Waals surface area contributed by atoms with Gasteiger partial charge in [-0.2, -0.15) is 0 Å². The summed E-state index contributed by atoms with van der Waals surface area (Å²) in [6, 6.07) is 12.8. The summed E-state index contributed by atoms with van der Waals surface area (Å²) in [5.74, 6) is 1.48. The number of nitrogens with zero attached hydrogens (tertiary/aromatic N) is 1. The van der Waals surface area contributed by atoms with Crippen molar-refractivity contribution < 1.29 is 4.74 Å². The lowest BCUT2D eigenvalue weighted by atomic mass is 9.87. The van der Waals surface area contributed by atoms with Gasteiger partial charge in [-0.3, -0.25) is 4.98 Å². The molecule has 21 heavy (non-hydrogen) atoms. The lowest BCUT2D eigenvalue weighted by molar-refractivity contribution is 0.184. The molecule has 2 aromatic rings. The molecule has 0 amide bonds. The zero-order valence-corrected chi connectivity index (χ0v) is 12.5. The van der Waals surface area contributed by atoms with Crippen LogP contribution < -0.4 is 10.1 Å². The third kappa shape index (κ3) is 3.24. The first kappa shape index (κ1) is 14.1. The number of pyridine rings is 1. The van der Waals surface area contributed by atoms with Gasteiger partial charge in [-0.15, -0.1) is 0 Å². The van der Waals surface area contributed by atoms with Crippen molar-refractivity contribution in [2.75, 3.05) is 13.2 Å². The number of ether oxygens (including phenoxy) is 1. The third-order valence-corrected chi connectivity index (χ3v) is 4.04. The quantitative estimate of drug-likeness (QED) is 0.913. The fraction of sp³-hybridized carbons (Fsp3) is 0.389. The van der Waals surface area contributed by atoms with Gasteiger partial charge in [0.25, 0.3) is 0 Å². The zero-order chi connectivity index (χ0) is 14.5. The normalized spacial score (nSPS) is 18.6. The van der Waals surface area contributed by atoms with E-state index in [2.05, 4.69) is 41.5 Å². The van der Waals surface area contributed by atoms with E-state index in [1.807, 2.05) is 24.5 Å². The Morgan fingerprint density at radius 3 is 3.00 bits per heavy atom. The Kier molecular flexibility index (Phi) is 4.51. The number of rotatable bonds is 5.